The molecule has 22 heavy (non-hydrogen) atoms. The summed E-state index contributed by atoms with van der Waals surface area (Å²) in [7, 11) is 0. The number of hydrogen-bond acceptors (Lipinski definition) is 3. The Balaban J connectivity index is 1.68. The molecule has 4 heteroatoms. The van der Waals surface area contributed by atoms with Crippen LogP contribution in [0.5, 0.6) is 0 Å². The molecule has 1 aliphatic carbocycles. The molecule has 2 heterocycles. The van der Waals surface area contributed by atoms with Gasteiger partial charge in [0.2, 0.25) is 5.91 Å². The molecule has 4 nitrogen and oxygen atoms in total. The molecule has 0 aromatic carbocycles. The van der Waals surface area contributed by atoms with Crippen molar-refractivity contribution in [2.75, 3.05) is 13.2 Å². The minimum atomic E-state index is -0.323. The van der Waals surface area contributed by atoms with E-state index in [0.717, 1.165) is 25.5 Å². The molecular formula is C18H26N2O2. The predicted molar refractivity (Wildman–Crippen MR) is 85.2 cm³/mol. The minimum absolute atomic E-state index is 0.216. The Bertz CT molecular complexity index is 559. The second-order valence-corrected chi connectivity index (χ2v) is 7.62. The van der Waals surface area contributed by atoms with Gasteiger partial charge in [-0.15, -0.1) is 0 Å². The van der Waals surface area contributed by atoms with Crippen LogP contribution in [-0.2, 0) is 29.1 Å². The molecule has 0 saturated heterocycles. The average molecular weight is 302 g/mol. The van der Waals surface area contributed by atoms with Crippen LogP contribution in [0, 0.1) is 11.3 Å². The van der Waals surface area contributed by atoms with Crippen molar-refractivity contribution >= 4 is 5.91 Å². The van der Waals surface area contributed by atoms with Gasteiger partial charge in [0.15, 0.2) is 0 Å². The standard InChI is InChI=1S/C18H26N2O2/c1-18(2,3)17(21)20-7-6-16-14(10-20)8-19-9-15(16)12-22-11-13-4-5-13/h8-9,13H,4-7,10-12H2,1-3H3. The van der Waals surface area contributed by atoms with Gasteiger partial charge in [-0.2, -0.15) is 0 Å². The molecule has 2 aliphatic rings. The summed E-state index contributed by atoms with van der Waals surface area (Å²) in [6.07, 6.45) is 7.36. The third-order valence-corrected chi connectivity index (χ3v) is 4.47. The fraction of sp³-hybridized carbons (Fsp3) is 0.667. The van der Waals surface area contributed by atoms with Crippen LogP contribution >= 0.6 is 0 Å². The van der Waals surface area contributed by atoms with Crippen molar-refractivity contribution in [2.24, 2.45) is 11.3 Å². The molecule has 0 unspecified atom stereocenters. The number of amides is 1. The van der Waals surface area contributed by atoms with Crippen LogP contribution in [0.15, 0.2) is 12.4 Å². The molecule has 120 valence electrons. The average Bonchev–Trinajstić information content (AvgIpc) is 3.29. The first-order valence-corrected chi connectivity index (χ1v) is 8.27. The molecule has 0 bridgehead atoms. The Hall–Kier alpha value is -1.42. The van der Waals surface area contributed by atoms with Crippen molar-refractivity contribution in [3.63, 3.8) is 0 Å². The van der Waals surface area contributed by atoms with Crippen LogP contribution in [-0.4, -0.2) is 28.9 Å². The van der Waals surface area contributed by atoms with Crippen molar-refractivity contribution in [3.8, 4) is 0 Å². The zero-order valence-electron chi connectivity index (χ0n) is 13.9. The lowest BCUT2D eigenvalue weighted by molar-refractivity contribution is -0.140. The summed E-state index contributed by atoms with van der Waals surface area (Å²) in [5, 5.41) is 0. The highest BCUT2D eigenvalue weighted by atomic mass is 16.5. The predicted octanol–water partition coefficient (Wildman–Crippen LogP) is 2.94. The van der Waals surface area contributed by atoms with E-state index in [2.05, 4.69) is 4.98 Å². The van der Waals surface area contributed by atoms with Crippen LogP contribution in [0.3, 0.4) is 0 Å². The largest absolute Gasteiger partial charge is 0.376 e. The number of aromatic nitrogens is 1. The highest BCUT2D eigenvalue weighted by molar-refractivity contribution is 5.81. The van der Waals surface area contributed by atoms with Gasteiger partial charge in [-0.25, -0.2) is 0 Å². The summed E-state index contributed by atoms with van der Waals surface area (Å²) in [6.45, 7) is 8.93. The number of rotatable bonds is 4. The highest BCUT2D eigenvalue weighted by Gasteiger charge is 2.30. The third-order valence-electron chi connectivity index (χ3n) is 4.47. The molecule has 1 fully saturated rings. The molecule has 1 aromatic heterocycles. The van der Waals surface area contributed by atoms with E-state index in [-0.39, 0.29) is 11.3 Å². The molecular weight excluding hydrogens is 276 g/mol. The maximum absolute atomic E-state index is 12.4. The quantitative estimate of drug-likeness (QED) is 0.859. The van der Waals surface area contributed by atoms with E-state index in [4.69, 9.17) is 4.74 Å². The summed E-state index contributed by atoms with van der Waals surface area (Å²) >= 11 is 0. The SMILES string of the molecule is CC(C)(C)C(=O)N1CCc2c(COCC3CC3)cncc2C1. The number of carbonyl (C=O) groups is 1. The number of carbonyl (C=O) groups excluding carboxylic acids is 1. The summed E-state index contributed by atoms with van der Waals surface area (Å²) in [6, 6.07) is 0. The van der Waals surface area contributed by atoms with E-state index in [0.29, 0.717) is 13.2 Å². The van der Waals surface area contributed by atoms with Gasteiger partial charge in [0.25, 0.3) is 0 Å². The second kappa shape index (κ2) is 5.99. The van der Waals surface area contributed by atoms with Gasteiger partial charge in [0, 0.05) is 37.5 Å². The van der Waals surface area contributed by atoms with Crippen molar-refractivity contribution in [1.82, 2.24) is 9.88 Å². The minimum Gasteiger partial charge on any atom is -0.376 e. The van der Waals surface area contributed by atoms with E-state index in [1.165, 1.54) is 29.5 Å². The first-order valence-electron chi connectivity index (χ1n) is 8.27. The maximum atomic E-state index is 12.4. The highest BCUT2D eigenvalue weighted by Crippen LogP contribution is 2.30. The van der Waals surface area contributed by atoms with Crippen LogP contribution in [0.1, 0.15) is 50.3 Å². The molecule has 1 amide bonds. The molecule has 3 rings (SSSR count). The van der Waals surface area contributed by atoms with E-state index >= 15 is 0 Å². The maximum Gasteiger partial charge on any atom is 0.228 e. The lowest BCUT2D eigenvalue weighted by Crippen LogP contribution is -2.42. The Morgan fingerprint density at radius 3 is 2.82 bits per heavy atom. The second-order valence-electron chi connectivity index (χ2n) is 7.62. The fourth-order valence-corrected chi connectivity index (χ4v) is 2.96. The van der Waals surface area contributed by atoms with Crippen molar-refractivity contribution in [3.05, 3.63) is 29.1 Å². The Morgan fingerprint density at radius 1 is 1.36 bits per heavy atom. The topological polar surface area (TPSA) is 42.4 Å². The van der Waals surface area contributed by atoms with Crippen LogP contribution in [0.4, 0.5) is 0 Å². The summed E-state index contributed by atoms with van der Waals surface area (Å²) in [5.74, 6) is 1.00. The van der Waals surface area contributed by atoms with Gasteiger partial charge < -0.3 is 9.64 Å². The smallest absolute Gasteiger partial charge is 0.228 e. The fourth-order valence-electron chi connectivity index (χ4n) is 2.96. The van der Waals surface area contributed by atoms with Gasteiger partial charge in [0.1, 0.15) is 0 Å². The Labute approximate surface area is 132 Å². The van der Waals surface area contributed by atoms with Gasteiger partial charge in [-0.05, 0) is 41.9 Å². The van der Waals surface area contributed by atoms with E-state index in [1.54, 1.807) is 0 Å². The molecule has 0 spiro atoms. The van der Waals surface area contributed by atoms with E-state index in [9.17, 15) is 4.79 Å². The van der Waals surface area contributed by atoms with Crippen LogP contribution in [0.25, 0.3) is 0 Å². The van der Waals surface area contributed by atoms with Gasteiger partial charge in [0.05, 0.1) is 6.61 Å². The van der Waals surface area contributed by atoms with Crippen molar-refractivity contribution in [1.29, 1.82) is 0 Å². The Morgan fingerprint density at radius 2 is 2.14 bits per heavy atom. The van der Waals surface area contributed by atoms with E-state index < -0.39 is 0 Å². The van der Waals surface area contributed by atoms with Crippen molar-refractivity contribution in [2.45, 2.75) is 53.2 Å². The zero-order chi connectivity index (χ0) is 15.7. The molecule has 0 atom stereocenters. The monoisotopic (exact) mass is 302 g/mol. The zero-order valence-corrected chi connectivity index (χ0v) is 13.9. The number of fused-ring (bicyclic) bond motifs is 1. The van der Waals surface area contributed by atoms with Gasteiger partial charge >= 0.3 is 0 Å². The lowest BCUT2D eigenvalue weighted by atomic mass is 9.91. The summed E-state index contributed by atoms with van der Waals surface area (Å²) < 4.78 is 5.82. The van der Waals surface area contributed by atoms with Crippen LogP contribution < -0.4 is 0 Å². The molecule has 1 aromatic rings. The number of ether oxygens (including phenoxy) is 1. The van der Waals surface area contributed by atoms with Crippen molar-refractivity contribution < 1.29 is 9.53 Å². The van der Waals surface area contributed by atoms with Gasteiger partial charge in [-0.3, -0.25) is 9.78 Å². The summed E-state index contributed by atoms with van der Waals surface area (Å²) in [4.78, 5) is 18.8. The molecule has 1 aliphatic heterocycles. The van der Waals surface area contributed by atoms with Crippen LogP contribution in [0.2, 0.25) is 0 Å². The normalized spacial score (nSPS) is 18.2. The van der Waals surface area contributed by atoms with E-state index in [1.807, 2.05) is 38.1 Å². The first kappa shape index (κ1) is 15.5. The first-order chi connectivity index (χ1) is 10.4. The molecule has 0 radical (unpaired) electrons. The number of hydrogen-bond donors (Lipinski definition) is 0. The number of pyridine rings is 1. The summed E-state index contributed by atoms with van der Waals surface area (Å²) in [5.41, 5.74) is 3.39. The van der Waals surface area contributed by atoms with Gasteiger partial charge in [-0.1, -0.05) is 20.8 Å². The lowest BCUT2D eigenvalue weighted by Gasteiger charge is -2.34. The molecule has 0 N–H and O–H groups in total. The number of nitrogens with zero attached hydrogens (tertiary/aromatic N) is 2. The molecule has 1 saturated carbocycles. The third kappa shape index (κ3) is 3.49. The Kier molecular flexibility index (Phi) is 4.22.